The minimum Gasteiger partial charge on any atom is -0.481 e. The minimum atomic E-state index is -1.01. The van der Waals surface area contributed by atoms with Crippen molar-refractivity contribution < 1.29 is 18.9 Å². The largest absolute Gasteiger partial charge is 0.481 e. The molecule has 7 heteroatoms. The third-order valence-corrected chi connectivity index (χ3v) is 6.18. The molecule has 0 aliphatic carbocycles. The maximum atomic E-state index is 12.4. The molecule has 2 N–H and O–H groups in total. The van der Waals surface area contributed by atoms with Crippen molar-refractivity contribution in [3.05, 3.63) is 29.8 Å². The summed E-state index contributed by atoms with van der Waals surface area (Å²) in [6.45, 7) is 6.59. The predicted molar refractivity (Wildman–Crippen MR) is 99.0 cm³/mol. The van der Waals surface area contributed by atoms with E-state index in [1.54, 1.807) is 11.0 Å². The zero-order valence-corrected chi connectivity index (χ0v) is 15.8. The summed E-state index contributed by atoms with van der Waals surface area (Å²) in [4.78, 5) is 25.1. The summed E-state index contributed by atoms with van der Waals surface area (Å²) in [5.74, 6) is -0.929. The molecule has 2 amide bonds. The van der Waals surface area contributed by atoms with Gasteiger partial charge in [0.2, 0.25) is 0 Å². The van der Waals surface area contributed by atoms with Gasteiger partial charge in [0.1, 0.15) is 0 Å². The van der Waals surface area contributed by atoms with Crippen molar-refractivity contribution in [1.82, 2.24) is 4.90 Å². The highest BCUT2D eigenvalue weighted by molar-refractivity contribution is 7.85. The predicted octanol–water partition coefficient (Wildman–Crippen LogP) is 3.06. The molecule has 25 heavy (non-hydrogen) atoms. The topological polar surface area (TPSA) is 86.7 Å². The van der Waals surface area contributed by atoms with Gasteiger partial charge in [0.15, 0.2) is 0 Å². The number of carbonyl (C=O) groups excluding carboxylic acids is 1. The SMILES string of the molecule is CC(C)(C)S(=O)Cc1cccc(NC(=O)N2CCCC(C(=O)O)C2)c1. The van der Waals surface area contributed by atoms with E-state index < -0.39 is 22.7 Å². The van der Waals surface area contributed by atoms with Gasteiger partial charge < -0.3 is 15.3 Å². The van der Waals surface area contributed by atoms with Crippen LogP contribution in [0.5, 0.6) is 0 Å². The van der Waals surface area contributed by atoms with Gasteiger partial charge in [0.05, 0.1) is 5.92 Å². The number of nitrogens with one attached hydrogen (secondary N) is 1. The maximum absolute atomic E-state index is 12.4. The summed E-state index contributed by atoms with van der Waals surface area (Å²) in [6.07, 6.45) is 1.29. The van der Waals surface area contributed by atoms with Crippen LogP contribution in [0, 0.1) is 5.92 Å². The second-order valence-corrected chi connectivity index (χ2v) is 9.56. The molecule has 0 radical (unpaired) electrons. The van der Waals surface area contributed by atoms with Crippen molar-refractivity contribution in [2.24, 2.45) is 5.92 Å². The van der Waals surface area contributed by atoms with Crippen LogP contribution in [-0.2, 0) is 21.3 Å². The van der Waals surface area contributed by atoms with Crippen LogP contribution >= 0.6 is 0 Å². The number of hydrogen-bond donors (Lipinski definition) is 2. The molecule has 0 spiro atoms. The number of piperidine rings is 1. The van der Waals surface area contributed by atoms with Crippen molar-refractivity contribution >= 4 is 28.5 Å². The Balaban J connectivity index is 2.00. The number of aliphatic carboxylic acids is 1. The fourth-order valence-corrected chi connectivity index (χ4v) is 3.59. The van der Waals surface area contributed by atoms with E-state index in [2.05, 4.69) is 5.32 Å². The van der Waals surface area contributed by atoms with E-state index in [0.717, 1.165) is 5.56 Å². The molecular formula is C18H26N2O4S. The fourth-order valence-electron chi connectivity index (χ4n) is 2.67. The van der Waals surface area contributed by atoms with E-state index in [1.165, 1.54) is 0 Å². The summed E-state index contributed by atoms with van der Waals surface area (Å²) in [6, 6.07) is 7.02. The third kappa shape index (κ3) is 5.56. The van der Waals surface area contributed by atoms with Gasteiger partial charge in [-0.15, -0.1) is 0 Å². The number of anilines is 1. The lowest BCUT2D eigenvalue weighted by atomic mass is 9.99. The summed E-state index contributed by atoms with van der Waals surface area (Å²) < 4.78 is 12.0. The Bertz CT molecular complexity index is 669. The maximum Gasteiger partial charge on any atom is 0.321 e. The number of urea groups is 1. The summed E-state index contributed by atoms with van der Waals surface area (Å²) in [5.41, 5.74) is 1.53. The van der Waals surface area contributed by atoms with Crippen molar-refractivity contribution in [2.45, 2.75) is 44.1 Å². The Labute approximate surface area is 151 Å². The third-order valence-electron chi connectivity index (χ3n) is 4.22. The van der Waals surface area contributed by atoms with Crippen LogP contribution in [0.3, 0.4) is 0 Å². The van der Waals surface area contributed by atoms with E-state index in [0.29, 0.717) is 30.8 Å². The van der Waals surface area contributed by atoms with Gasteiger partial charge in [-0.25, -0.2) is 4.79 Å². The summed E-state index contributed by atoms with van der Waals surface area (Å²) >= 11 is 0. The van der Waals surface area contributed by atoms with Crippen LogP contribution in [0.1, 0.15) is 39.2 Å². The van der Waals surface area contributed by atoms with Crippen molar-refractivity contribution in [3.8, 4) is 0 Å². The first-order valence-electron chi connectivity index (χ1n) is 8.43. The molecule has 0 bridgehead atoms. The average Bonchev–Trinajstić information content (AvgIpc) is 2.54. The highest BCUT2D eigenvalue weighted by Gasteiger charge is 2.28. The molecule has 138 valence electrons. The summed E-state index contributed by atoms with van der Waals surface area (Å²) in [7, 11) is -1.01. The van der Waals surface area contributed by atoms with Crippen molar-refractivity contribution in [2.75, 3.05) is 18.4 Å². The van der Waals surface area contributed by atoms with Crippen LogP contribution in [0.2, 0.25) is 0 Å². The molecule has 2 unspecified atom stereocenters. The number of carboxylic acids is 1. The molecule has 1 aromatic carbocycles. The average molecular weight is 366 g/mol. The van der Waals surface area contributed by atoms with Crippen LogP contribution in [0.15, 0.2) is 24.3 Å². The molecular weight excluding hydrogens is 340 g/mol. The first-order valence-corrected chi connectivity index (χ1v) is 9.75. The zero-order valence-electron chi connectivity index (χ0n) is 14.9. The number of benzene rings is 1. The van der Waals surface area contributed by atoms with Gasteiger partial charge in [-0.3, -0.25) is 9.00 Å². The molecule has 0 aromatic heterocycles. The molecule has 1 heterocycles. The lowest BCUT2D eigenvalue weighted by Crippen LogP contribution is -2.44. The second-order valence-electron chi connectivity index (χ2n) is 7.36. The van der Waals surface area contributed by atoms with Gasteiger partial charge in [-0.2, -0.15) is 0 Å². The second kappa shape index (κ2) is 7.99. The van der Waals surface area contributed by atoms with E-state index in [4.69, 9.17) is 5.11 Å². The quantitative estimate of drug-likeness (QED) is 0.857. The molecule has 1 aliphatic rings. The molecule has 2 rings (SSSR count). The van der Waals surface area contributed by atoms with E-state index in [9.17, 15) is 13.8 Å². The molecule has 0 saturated carbocycles. The molecule has 6 nitrogen and oxygen atoms in total. The normalized spacial score (nSPS) is 19.3. The highest BCUT2D eigenvalue weighted by atomic mass is 32.2. The summed E-state index contributed by atoms with van der Waals surface area (Å²) in [5, 5.41) is 11.9. The first kappa shape index (κ1) is 19.4. The lowest BCUT2D eigenvalue weighted by molar-refractivity contribution is -0.143. The number of likely N-dealkylation sites (tertiary alicyclic amines) is 1. The smallest absolute Gasteiger partial charge is 0.321 e. The Morgan fingerprint density at radius 1 is 1.36 bits per heavy atom. The molecule has 1 aliphatic heterocycles. The van der Waals surface area contributed by atoms with E-state index in [1.807, 2.05) is 39.0 Å². The first-order chi connectivity index (χ1) is 11.7. The van der Waals surface area contributed by atoms with Crippen LogP contribution < -0.4 is 5.32 Å². The van der Waals surface area contributed by atoms with Gasteiger partial charge in [0, 0.05) is 40.1 Å². The number of carbonyl (C=O) groups is 2. The number of amides is 2. The van der Waals surface area contributed by atoms with Crippen LogP contribution in [0.4, 0.5) is 10.5 Å². The molecule has 2 atom stereocenters. The number of rotatable bonds is 4. The monoisotopic (exact) mass is 366 g/mol. The molecule has 1 aromatic rings. The van der Waals surface area contributed by atoms with E-state index in [-0.39, 0.29) is 17.3 Å². The Morgan fingerprint density at radius 3 is 2.72 bits per heavy atom. The number of carboxylic acid groups (broad SMARTS) is 1. The highest BCUT2D eigenvalue weighted by Crippen LogP contribution is 2.20. The van der Waals surface area contributed by atoms with Gasteiger partial charge in [0.25, 0.3) is 0 Å². The van der Waals surface area contributed by atoms with Crippen LogP contribution in [0.25, 0.3) is 0 Å². The minimum absolute atomic E-state index is 0.231. The standard InChI is InChI=1S/C18H26N2O4S/c1-18(2,3)25(24)12-13-6-4-8-15(10-13)19-17(23)20-9-5-7-14(11-20)16(21)22/h4,6,8,10,14H,5,7,9,11-12H2,1-3H3,(H,19,23)(H,21,22). The van der Waals surface area contributed by atoms with Gasteiger partial charge >= 0.3 is 12.0 Å². The Hall–Kier alpha value is -1.89. The van der Waals surface area contributed by atoms with Crippen molar-refractivity contribution in [3.63, 3.8) is 0 Å². The number of nitrogens with zero attached hydrogens (tertiary/aromatic N) is 1. The van der Waals surface area contributed by atoms with Gasteiger partial charge in [-0.05, 0) is 51.3 Å². The van der Waals surface area contributed by atoms with Gasteiger partial charge in [-0.1, -0.05) is 12.1 Å². The zero-order chi connectivity index (χ0) is 18.6. The number of hydrogen-bond acceptors (Lipinski definition) is 3. The lowest BCUT2D eigenvalue weighted by Gasteiger charge is -2.30. The van der Waals surface area contributed by atoms with Crippen LogP contribution in [-0.4, -0.2) is 44.1 Å². The molecule has 1 fully saturated rings. The Morgan fingerprint density at radius 2 is 2.08 bits per heavy atom. The van der Waals surface area contributed by atoms with E-state index >= 15 is 0 Å². The molecule has 1 saturated heterocycles. The van der Waals surface area contributed by atoms with Crippen molar-refractivity contribution in [1.29, 1.82) is 0 Å². The Kier molecular flexibility index (Phi) is 6.21. The fraction of sp³-hybridized carbons (Fsp3) is 0.556.